The number of allylic oxidation sites excluding steroid dienone is 1. The Bertz CT molecular complexity index is 1720. The maximum Gasteiger partial charge on any atom is 0.338 e. The van der Waals surface area contributed by atoms with Gasteiger partial charge in [0.15, 0.2) is 16.3 Å². The molecule has 9 nitrogen and oxygen atoms in total. The summed E-state index contributed by atoms with van der Waals surface area (Å²) in [6.45, 7) is 11.2. The topological polar surface area (TPSA) is 105 Å². The van der Waals surface area contributed by atoms with Gasteiger partial charge in [0.05, 0.1) is 39.5 Å². The molecule has 0 bridgehead atoms. The van der Waals surface area contributed by atoms with Crippen LogP contribution < -0.4 is 29.1 Å². The molecule has 1 unspecified atom stereocenters. The van der Waals surface area contributed by atoms with Crippen LogP contribution in [0.1, 0.15) is 44.9 Å². The summed E-state index contributed by atoms with van der Waals surface area (Å²) < 4.78 is 24.6. The maximum absolute atomic E-state index is 13.9. The third-order valence-corrected chi connectivity index (χ3v) is 7.57. The molecule has 0 saturated carbocycles. The van der Waals surface area contributed by atoms with E-state index in [-0.39, 0.29) is 17.7 Å². The highest BCUT2D eigenvalue weighted by Gasteiger charge is 2.34. The molecule has 1 atom stereocenters. The second-order valence-corrected chi connectivity index (χ2v) is 10.7. The number of aromatic nitrogens is 1. The number of nitrogens with zero attached hydrogens (tertiary/aromatic N) is 2. The van der Waals surface area contributed by atoms with Crippen molar-refractivity contribution in [3.63, 3.8) is 0 Å². The number of rotatable bonds is 10. The predicted octanol–water partition coefficient (Wildman–Crippen LogP) is 4.45. The van der Waals surface area contributed by atoms with Crippen molar-refractivity contribution in [3.8, 4) is 17.2 Å². The zero-order chi connectivity index (χ0) is 29.7. The van der Waals surface area contributed by atoms with Crippen LogP contribution in [0.15, 0.2) is 74.6 Å². The Balaban J connectivity index is 1.89. The minimum atomic E-state index is -0.807. The number of hydrogen-bond donors (Lipinski definition) is 0. The SMILES string of the molecule is C=CCOc1ccc(C2C(C(=O)OCC)=C(C)N=c3sc(=Cc4ccc(OC(C)=O)c(Br)c4)c(=O)n32)cc1OCC. The van der Waals surface area contributed by atoms with Crippen LogP contribution in [-0.4, -0.2) is 36.3 Å². The fourth-order valence-corrected chi connectivity index (χ4v) is 5.86. The number of hydrogen-bond acceptors (Lipinski definition) is 9. The second-order valence-electron chi connectivity index (χ2n) is 8.82. The number of thiazole rings is 1. The standard InChI is InChI=1S/C30H29BrN2O7S/c1-6-13-39-23-12-10-20(16-24(23)37-7-2)27-26(29(36)38-8-3)17(4)32-30-33(27)28(35)25(41-30)15-19-9-11-22(21(31)14-19)40-18(5)34/h6,9-12,14-16,27H,1,7-8,13H2,2-5H3. The summed E-state index contributed by atoms with van der Waals surface area (Å²) in [5.41, 5.74) is 1.75. The predicted molar refractivity (Wildman–Crippen MR) is 159 cm³/mol. The molecule has 0 spiro atoms. The fraction of sp³-hybridized carbons (Fsp3) is 0.267. The molecule has 0 amide bonds. The average Bonchev–Trinajstić information content (AvgIpc) is 3.22. The highest BCUT2D eigenvalue weighted by molar-refractivity contribution is 9.10. The molecular formula is C30H29BrN2O7S. The normalized spacial score (nSPS) is 14.7. The first kappa shape index (κ1) is 30.0. The smallest absolute Gasteiger partial charge is 0.338 e. The molecule has 214 valence electrons. The molecule has 0 fully saturated rings. The van der Waals surface area contributed by atoms with E-state index in [9.17, 15) is 14.4 Å². The molecule has 2 heterocycles. The van der Waals surface area contributed by atoms with Gasteiger partial charge >= 0.3 is 11.9 Å². The highest BCUT2D eigenvalue weighted by atomic mass is 79.9. The van der Waals surface area contributed by atoms with Gasteiger partial charge < -0.3 is 18.9 Å². The first-order valence-electron chi connectivity index (χ1n) is 12.9. The van der Waals surface area contributed by atoms with Crippen molar-refractivity contribution in [3.05, 3.63) is 95.6 Å². The lowest BCUT2D eigenvalue weighted by Crippen LogP contribution is -2.40. The van der Waals surface area contributed by atoms with Crippen LogP contribution in [0.2, 0.25) is 0 Å². The van der Waals surface area contributed by atoms with Gasteiger partial charge in [-0.2, -0.15) is 0 Å². The molecule has 0 N–H and O–H groups in total. The lowest BCUT2D eigenvalue weighted by Gasteiger charge is -2.25. The molecule has 41 heavy (non-hydrogen) atoms. The fourth-order valence-electron chi connectivity index (χ4n) is 4.33. The van der Waals surface area contributed by atoms with E-state index in [4.69, 9.17) is 18.9 Å². The van der Waals surface area contributed by atoms with Gasteiger partial charge in [-0.1, -0.05) is 36.1 Å². The minimum absolute atomic E-state index is 0.170. The Morgan fingerprint density at radius 2 is 1.85 bits per heavy atom. The van der Waals surface area contributed by atoms with Gasteiger partial charge in [0.25, 0.3) is 5.56 Å². The van der Waals surface area contributed by atoms with Crippen molar-refractivity contribution in [1.82, 2.24) is 4.57 Å². The molecule has 1 aliphatic heterocycles. The van der Waals surface area contributed by atoms with Crippen LogP contribution in [0.5, 0.6) is 17.2 Å². The van der Waals surface area contributed by atoms with Crippen molar-refractivity contribution in [2.45, 2.75) is 33.7 Å². The molecule has 3 aromatic rings. The molecule has 11 heteroatoms. The van der Waals surface area contributed by atoms with Crippen LogP contribution in [0.4, 0.5) is 0 Å². The Kier molecular flexibility index (Phi) is 9.61. The van der Waals surface area contributed by atoms with E-state index in [0.717, 1.165) is 0 Å². The summed E-state index contributed by atoms with van der Waals surface area (Å²) in [6, 6.07) is 9.64. The third kappa shape index (κ3) is 6.52. The number of benzene rings is 2. The third-order valence-electron chi connectivity index (χ3n) is 5.96. The highest BCUT2D eigenvalue weighted by Crippen LogP contribution is 2.36. The van der Waals surface area contributed by atoms with Gasteiger partial charge in [0, 0.05) is 6.92 Å². The summed E-state index contributed by atoms with van der Waals surface area (Å²) in [5.74, 6) is 0.375. The maximum atomic E-state index is 13.9. The van der Waals surface area contributed by atoms with E-state index >= 15 is 0 Å². The minimum Gasteiger partial charge on any atom is -0.490 e. The van der Waals surface area contributed by atoms with E-state index in [0.29, 0.717) is 61.1 Å². The average molecular weight is 642 g/mol. The van der Waals surface area contributed by atoms with Gasteiger partial charge in [0.2, 0.25) is 0 Å². The second kappa shape index (κ2) is 13.1. The quantitative estimate of drug-likeness (QED) is 0.183. The Morgan fingerprint density at radius 3 is 2.51 bits per heavy atom. The summed E-state index contributed by atoms with van der Waals surface area (Å²) in [5, 5.41) is 0. The molecule has 4 rings (SSSR count). The van der Waals surface area contributed by atoms with E-state index in [1.807, 2.05) is 6.92 Å². The number of carbonyl (C=O) groups excluding carboxylic acids is 2. The van der Waals surface area contributed by atoms with Gasteiger partial charge in [0.1, 0.15) is 12.4 Å². The summed E-state index contributed by atoms with van der Waals surface area (Å²) in [6.07, 6.45) is 3.36. The van der Waals surface area contributed by atoms with E-state index in [1.54, 1.807) is 62.4 Å². The molecule has 1 aliphatic rings. The molecular weight excluding hydrogens is 612 g/mol. The van der Waals surface area contributed by atoms with Crippen LogP contribution in [0, 0.1) is 0 Å². The number of carbonyl (C=O) groups is 2. The van der Waals surface area contributed by atoms with Gasteiger partial charge in [-0.05, 0) is 78.2 Å². The van der Waals surface area contributed by atoms with Gasteiger partial charge in [-0.15, -0.1) is 0 Å². The number of esters is 2. The Hall–Kier alpha value is -3.96. The Morgan fingerprint density at radius 1 is 1.10 bits per heavy atom. The number of fused-ring (bicyclic) bond motifs is 1. The molecule has 0 aliphatic carbocycles. The van der Waals surface area contributed by atoms with Crippen LogP contribution in [0.3, 0.4) is 0 Å². The van der Waals surface area contributed by atoms with E-state index < -0.39 is 18.0 Å². The zero-order valence-corrected chi connectivity index (χ0v) is 25.5. The number of halogens is 1. The van der Waals surface area contributed by atoms with Crippen molar-refractivity contribution >= 4 is 45.3 Å². The van der Waals surface area contributed by atoms with Gasteiger partial charge in [-0.25, -0.2) is 9.79 Å². The van der Waals surface area contributed by atoms with Crippen LogP contribution in [0.25, 0.3) is 6.08 Å². The van der Waals surface area contributed by atoms with Crippen LogP contribution >= 0.6 is 27.3 Å². The van der Waals surface area contributed by atoms with Crippen LogP contribution in [-0.2, 0) is 14.3 Å². The van der Waals surface area contributed by atoms with Crippen molar-refractivity contribution in [2.24, 2.45) is 4.99 Å². The first-order valence-corrected chi connectivity index (χ1v) is 14.5. The van der Waals surface area contributed by atoms with Crippen molar-refractivity contribution < 1.29 is 28.5 Å². The molecule has 1 aromatic heterocycles. The molecule has 2 aromatic carbocycles. The summed E-state index contributed by atoms with van der Waals surface area (Å²) in [4.78, 5) is 43.5. The van der Waals surface area contributed by atoms with Crippen molar-refractivity contribution in [1.29, 1.82) is 0 Å². The lowest BCUT2D eigenvalue weighted by molar-refractivity contribution is -0.139. The zero-order valence-electron chi connectivity index (χ0n) is 23.1. The monoisotopic (exact) mass is 640 g/mol. The summed E-state index contributed by atoms with van der Waals surface area (Å²) in [7, 11) is 0. The lowest BCUT2D eigenvalue weighted by atomic mass is 9.95. The van der Waals surface area contributed by atoms with E-state index in [1.165, 1.54) is 22.8 Å². The summed E-state index contributed by atoms with van der Waals surface area (Å²) >= 11 is 4.62. The van der Waals surface area contributed by atoms with Gasteiger partial charge in [-0.3, -0.25) is 14.2 Å². The molecule has 0 saturated heterocycles. The van der Waals surface area contributed by atoms with E-state index in [2.05, 4.69) is 27.5 Å². The largest absolute Gasteiger partial charge is 0.490 e. The first-order chi connectivity index (χ1) is 19.7. The molecule has 0 radical (unpaired) electrons. The number of ether oxygens (including phenoxy) is 4. The van der Waals surface area contributed by atoms with Crippen molar-refractivity contribution in [2.75, 3.05) is 19.8 Å². The Labute approximate surface area is 249 Å².